The Labute approximate surface area is 68.2 Å². The molecule has 0 bridgehead atoms. The number of hydrogen-bond acceptors (Lipinski definition) is 2. The summed E-state index contributed by atoms with van der Waals surface area (Å²) in [6.07, 6.45) is 5.21. The molecular formula is C9H17NO. The number of aliphatic hydroxyl groups excluding tert-OH is 1. The molecule has 0 unspecified atom stereocenters. The standard InChI is InChI=1S/C9H17NO/c11-7-8-3-1-5-10-6-2-4-9(8)10/h8-9,11H,1-7H2/t8-,9-/m1/s1. The predicted octanol–water partition coefficient (Wildman–Crippen LogP) is 0.853. The monoisotopic (exact) mass is 155 g/mol. The van der Waals surface area contributed by atoms with Crippen molar-refractivity contribution < 1.29 is 5.11 Å². The Hall–Kier alpha value is -0.0800. The molecule has 0 spiro atoms. The van der Waals surface area contributed by atoms with Crippen LogP contribution in [0.4, 0.5) is 0 Å². The zero-order valence-electron chi connectivity index (χ0n) is 7.00. The Balaban J connectivity index is 2.00. The molecule has 0 saturated carbocycles. The number of piperidine rings is 1. The smallest absolute Gasteiger partial charge is 0.0474 e. The minimum Gasteiger partial charge on any atom is -0.396 e. The largest absolute Gasteiger partial charge is 0.396 e. The van der Waals surface area contributed by atoms with Gasteiger partial charge in [-0.1, -0.05) is 0 Å². The zero-order valence-corrected chi connectivity index (χ0v) is 7.00. The number of nitrogens with zero attached hydrogens (tertiary/aromatic N) is 1. The summed E-state index contributed by atoms with van der Waals surface area (Å²) in [5.74, 6) is 0.589. The number of aliphatic hydroxyl groups is 1. The molecule has 0 radical (unpaired) electrons. The molecule has 11 heavy (non-hydrogen) atoms. The van der Waals surface area contributed by atoms with Crippen LogP contribution >= 0.6 is 0 Å². The molecule has 2 rings (SSSR count). The van der Waals surface area contributed by atoms with Crippen molar-refractivity contribution in [1.29, 1.82) is 0 Å². The van der Waals surface area contributed by atoms with Crippen LogP contribution in [0, 0.1) is 5.92 Å². The lowest BCUT2D eigenvalue weighted by atomic mass is 9.90. The van der Waals surface area contributed by atoms with Gasteiger partial charge in [0.2, 0.25) is 0 Å². The third kappa shape index (κ3) is 1.30. The first kappa shape index (κ1) is 7.56. The molecule has 0 aromatic heterocycles. The summed E-state index contributed by atoms with van der Waals surface area (Å²) in [4.78, 5) is 2.56. The van der Waals surface area contributed by atoms with Crippen LogP contribution in [0.25, 0.3) is 0 Å². The lowest BCUT2D eigenvalue weighted by Gasteiger charge is -2.35. The van der Waals surface area contributed by atoms with E-state index >= 15 is 0 Å². The summed E-state index contributed by atoms with van der Waals surface area (Å²) >= 11 is 0. The molecular weight excluding hydrogens is 138 g/mol. The van der Waals surface area contributed by atoms with Gasteiger partial charge in [0.05, 0.1) is 0 Å². The molecule has 2 aliphatic rings. The predicted molar refractivity (Wildman–Crippen MR) is 44.4 cm³/mol. The van der Waals surface area contributed by atoms with Gasteiger partial charge in [0.15, 0.2) is 0 Å². The second kappa shape index (κ2) is 3.11. The van der Waals surface area contributed by atoms with Crippen molar-refractivity contribution in [2.75, 3.05) is 19.7 Å². The second-order valence-corrected chi connectivity index (χ2v) is 3.83. The van der Waals surface area contributed by atoms with Crippen molar-refractivity contribution in [2.24, 2.45) is 5.92 Å². The molecule has 2 heteroatoms. The highest BCUT2D eigenvalue weighted by atomic mass is 16.3. The lowest BCUT2D eigenvalue weighted by Crippen LogP contribution is -2.41. The molecule has 2 nitrogen and oxygen atoms in total. The Morgan fingerprint density at radius 2 is 1.91 bits per heavy atom. The van der Waals surface area contributed by atoms with Gasteiger partial charge in [-0.2, -0.15) is 0 Å². The van der Waals surface area contributed by atoms with E-state index in [1.165, 1.54) is 38.8 Å². The average molecular weight is 155 g/mol. The molecule has 0 aromatic rings. The minimum atomic E-state index is 0.404. The summed E-state index contributed by atoms with van der Waals surface area (Å²) in [6.45, 7) is 2.96. The summed E-state index contributed by atoms with van der Waals surface area (Å²) in [5, 5.41) is 9.11. The van der Waals surface area contributed by atoms with Gasteiger partial charge in [0.1, 0.15) is 0 Å². The molecule has 64 valence electrons. The van der Waals surface area contributed by atoms with Gasteiger partial charge in [0, 0.05) is 12.6 Å². The van der Waals surface area contributed by atoms with Crippen molar-refractivity contribution in [3.63, 3.8) is 0 Å². The fraction of sp³-hybridized carbons (Fsp3) is 1.00. The van der Waals surface area contributed by atoms with Gasteiger partial charge < -0.3 is 10.0 Å². The van der Waals surface area contributed by atoms with Crippen LogP contribution in [0.15, 0.2) is 0 Å². The van der Waals surface area contributed by atoms with Crippen LogP contribution in [-0.2, 0) is 0 Å². The Kier molecular flexibility index (Phi) is 2.14. The van der Waals surface area contributed by atoms with Gasteiger partial charge in [-0.15, -0.1) is 0 Å². The van der Waals surface area contributed by atoms with Crippen LogP contribution < -0.4 is 0 Å². The fourth-order valence-electron chi connectivity index (χ4n) is 2.63. The average Bonchev–Trinajstić information content (AvgIpc) is 2.50. The van der Waals surface area contributed by atoms with Crippen LogP contribution in [0.3, 0.4) is 0 Å². The Bertz CT molecular complexity index is 138. The second-order valence-electron chi connectivity index (χ2n) is 3.83. The van der Waals surface area contributed by atoms with Gasteiger partial charge in [-0.25, -0.2) is 0 Å². The van der Waals surface area contributed by atoms with Crippen molar-refractivity contribution in [3.8, 4) is 0 Å². The third-order valence-corrected chi connectivity index (χ3v) is 3.21. The van der Waals surface area contributed by atoms with E-state index in [9.17, 15) is 0 Å². The van der Waals surface area contributed by atoms with Crippen molar-refractivity contribution in [1.82, 2.24) is 4.90 Å². The van der Waals surface area contributed by atoms with Crippen molar-refractivity contribution in [3.05, 3.63) is 0 Å². The molecule has 2 saturated heterocycles. The van der Waals surface area contributed by atoms with E-state index in [0.717, 1.165) is 6.04 Å². The highest BCUT2D eigenvalue weighted by Crippen LogP contribution is 2.30. The molecule has 2 atom stereocenters. The molecule has 0 aromatic carbocycles. The molecule has 0 amide bonds. The molecule has 2 heterocycles. The summed E-state index contributed by atoms with van der Waals surface area (Å²) < 4.78 is 0. The van der Waals surface area contributed by atoms with E-state index in [2.05, 4.69) is 4.90 Å². The van der Waals surface area contributed by atoms with Crippen LogP contribution in [0.2, 0.25) is 0 Å². The van der Waals surface area contributed by atoms with Crippen molar-refractivity contribution >= 4 is 0 Å². The number of fused-ring (bicyclic) bond motifs is 1. The highest BCUT2D eigenvalue weighted by molar-refractivity contribution is 4.88. The van der Waals surface area contributed by atoms with Gasteiger partial charge in [0.25, 0.3) is 0 Å². The first-order chi connectivity index (χ1) is 5.42. The maximum atomic E-state index is 9.11. The summed E-state index contributed by atoms with van der Waals surface area (Å²) in [7, 11) is 0. The first-order valence-corrected chi connectivity index (χ1v) is 4.76. The zero-order chi connectivity index (χ0) is 7.68. The van der Waals surface area contributed by atoms with Crippen molar-refractivity contribution in [2.45, 2.75) is 31.7 Å². The van der Waals surface area contributed by atoms with E-state index < -0.39 is 0 Å². The van der Waals surface area contributed by atoms with Crippen LogP contribution in [-0.4, -0.2) is 35.7 Å². The number of hydrogen-bond donors (Lipinski definition) is 1. The van der Waals surface area contributed by atoms with E-state index in [0.29, 0.717) is 12.5 Å². The number of rotatable bonds is 1. The van der Waals surface area contributed by atoms with Gasteiger partial charge >= 0.3 is 0 Å². The molecule has 0 aliphatic carbocycles. The first-order valence-electron chi connectivity index (χ1n) is 4.76. The van der Waals surface area contributed by atoms with Crippen LogP contribution in [0.5, 0.6) is 0 Å². The Morgan fingerprint density at radius 1 is 1.18 bits per heavy atom. The molecule has 1 N–H and O–H groups in total. The highest BCUT2D eigenvalue weighted by Gasteiger charge is 2.33. The normalized spacial score (nSPS) is 39.0. The minimum absolute atomic E-state index is 0.404. The van der Waals surface area contributed by atoms with Gasteiger partial charge in [-0.05, 0) is 44.7 Å². The van der Waals surface area contributed by atoms with Gasteiger partial charge in [-0.3, -0.25) is 0 Å². The summed E-state index contributed by atoms with van der Waals surface area (Å²) in [5.41, 5.74) is 0. The van der Waals surface area contributed by atoms with E-state index in [-0.39, 0.29) is 0 Å². The molecule has 2 aliphatic heterocycles. The lowest BCUT2D eigenvalue weighted by molar-refractivity contribution is 0.0850. The van der Waals surface area contributed by atoms with E-state index in [1.807, 2.05) is 0 Å². The van der Waals surface area contributed by atoms with Crippen LogP contribution in [0.1, 0.15) is 25.7 Å². The molecule has 2 fully saturated rings. The maximum absolute atomic E-state index is 9.11. The third-order valence-electron chi connectivity index (χ3n) is 3.21. The SMILES string of the molecule is OC[C@H]1CCCN2CCC[C@H]12. The topological polar surface area (TPSA) is 23.5 Å². The Morgan fingerprint density at radius 3 is 2.64 bits per heavy atom. The summed E-state index contributed by atoms with van der Waals surface area (Å²) in [6, 6.07) is 0.730. The maximum Gasteiger partial charge on any atom is 0.0474 e. The quantitative estimate of drug-likeness (QED) is 0.607. The van der Waals surface area contributed by atoms with E-state index in [1.54, 1.807) is 0 Å². The fourth-order valence-corrected chi connectivity index (χ4v) is 2.63. The van der Waals surface area contributed by atoms with E-state index in [4.69, 9.17) is 5.11 Å².